The number of ether oxygens (including phenoxy) is 4. The maximum absolute atomic E-state index is 12.8. The molecule has 55 heavy (non-hydrogen) atoms. The first-order valence-corrected chi connectivity index (χ1v) is 22.6. The highest BCUT2D eigenvalue weighted by Gasteiger charge is 2.44. The van der Waals surface area contributed by atoms with E-state index in [1.807, 2.05) is 0 Å². The zero-order valence-corrected chi connectivity index (χ0v) is 35.2. The van der Waals surface area contributed by atoms with E-state index in [-0.39, 0.29) is 19.2 Å². The third kappa shape index (κ3) is 29.3. The van der Waals surface area contributed by atoms with Gasteiger partial charge in [0.05, 0.1) is 19.8 Å². The summed E-state index contributed by atoms with van der Waals surface area (Å²) in [5.41, 5.74) is 0. The standard InChI is InChI=1S/C46H84O9/c1-3-5-7-9-11-13-15-17-19-21-23-25-27-29-31-33-35-42(48)54-40(39-53-46-45(51)44(50)43(49)41(37-47)55-46)38-52-36-34-32-30-28-26-24-22-20-18-16-14-12-10-8-6-4-2/h12,14,18-21,40-41,43-47,49-51H,3-11,13,15-17,22-39H2,1-2H3/b14-12-,20-18-,21-19-. The second-order valence-electron chi connectivity index (χ2n) is 15.5. The van der Waals surface area contributed by atoms with Gasteiger partial charge in [0.2, 0.25) is 0 Å². The van der Waals surface area contributed by atoms with Gasteiger partial charge in [0, 0.05) is 13.0 Å². The monoisotopic (exact) mass is 781 g/mol. The van der Waals surface area contributed by atoms with Gasteiger partial charge in [0.15, 0.2) is 6.29 Å². The zero-order valence-electron chi connectivity index (χ0n) is 35.2. The molecule has 1 aliphatic rings. The first-order chi connectivity index (χ1) is 26.9. The first-order valence-electron chi connectivity index (χ1n) is 22.6. The van der Waals surface area contributed by atoms with Gasteiger partial charge >= 0.3 is 5.97 Å². The van der Waals surface area contributed by atoms with Crippen LogP contribution in [-0.4, -0.2) is 89.6 Å². The van der Waals surface area contributed by atoms with Crippen LogP contribution < -0.4 is 0 Å². The minimum atomic E-state index is -1.54. The molecule has 1 saturated heterocycles. The summed E-state index contributed by atoms with van der Waals surface area (Å²) in [6, 6.07) is 0. The number of unbranched alkanes of at least 4 members (excludes halogenated alkanes) is 21. The number of aliphatic hydroxyl groups excluding tert-OH is 4. The van der Waals surface area contributed by atoms with Crippen molar-refractivity contribution in [1.29, 1.82) is 0 Å². The van der Waals surface area contributed by atoms with Crippen molar-refractivity contribution in [2.24, 2.45) is 0 Å². The fourth-order valence-electron chi connectivity index (χ4n) is 6.69. The van der Waals surface area contributed by atoms with Crippen molar-refractivity contribution >= 4 is 5.97 Å². The molecule has 322 valence electrons. The highest BCUT2D eigenvalue weighted by molar-refractivity contribution is 5.69. The Morgan fingerprint density at radius 1 is 0.582 bits per heavy atom. The lowest BCUT2D eigenvalue weighted by Gasteiger charge is -2.39. The van der Waals surface area contributed by atoms with Crippen LogP contribution in [0.15, 0.2) is 36.5 Å². The van der Waals surface area contributed by atoms with Crippen molar-refractivity contribution in [3.8, 4) is 0 Å². The topological polar surface area (TPSA) is 135 Å². The quantitative estimate of drug-likeness (QED) is 0.0274. The van der Waals surface area contributed by atoms with Gasteiger partial charge in [-0.25, -0.2) is 0 Å². The average molecular weight is 781 g/mol. The van der Waals surface area contributed by atoms with E-state index < -0.39 is 43.4 Å². The van der Waals surface area contributed by atoms with E-state index in [2.05, 4.69) is 50.3 Å². The van der Waals surface area contributed by atoms with Crippen LogP contribution in [0.25, 0.3) is 0 Å². The SMILES string of the molecule is CCCCC/C=C\C/C=C\CCCCCCCCOCC(COC1OC(CO)C(O)C(O)C1O)OC(=O)CCCCCCC/C=C\CCCCCCCCC. The largest absolute Gasteiger partial charge is 0.457 e. The lowest BCUT2D eigenvalue weighted by Crippen LogP contribution is -2.59. The maximum atomic E-state index is 12.8. The number of esters is 1. The number of allylic oxidation sites excluding steroid dienone is 6. The Morgan fingerprint density at radius 3 is 1.62 bits per heavy atom. The average Bonchev–Trinajstić information content (AvgIpc) is 3.18. The minimum absolute atomic E-state index is 0.120. The van der Waals surface area contributed by atoms with Crippen molar-refractivity contribution in [2.45, 2.75) is 224 Å². The third-order valence-corrected chi connectivity index (χ3v) is 10.3. The highest BCUT2D eigenvalue weighted by atomic mass is 16.7. The number of aliphatic hydroxyl groups is 4. The molecule has 1 heterocycles. The molecule has 0 amide bonds. The summed E-state index contributed by atoms with van der Waals surface area (Å²) in [7, 11) is 0. The minimum Gasteiger partial charge on any atom is -0.457 e. The van der Waals surface area contributed by atoms with Gasteiger partial charge in [0.1, 0.15) is 30.5 Å². The number of carbonyl (C=O) groups is 1. The Labute approximate surface area is 336 Å². The van der Waals surface area contributed by atoms with Crippen molar-refractivity contribution in [3.63, 3.8) is 0 Å². The van der Waals surface area contributed by atoms with Crippen LogP contribution in [0.2, 0.25) is 0 Å². The summed E-state index contributed by atoms with van der Waals surface area (Å²) < 4.78 is 22.8. The van der Waals surface area contributed by atoms with Crippen LogP contribution in [0, 0.1) is 0 Å². The second kappa shape index (κ2) is 38.0. The predicted molar refractivity (Wildman–Crippen MR) is 224 cm³/mol. The molecule has 1 rings (SSSR count). The van der Waals surface area contributed by atoms with Crippen LogP contribution in [0.4, 0.5) is 0 Å². The van der Waals surface area contributed by atoms with Gasteiger partial charge in [-0.15, -0.1) is 0 Å². The van der Waals surface area contributed by atoms with Crippen LogP contribution >= 0.6 is 0 Å². The van der Waals surface area contributed by atoms with Crippen molar-refractivity contribution in [2.75, 3.05) is 26.4 Å². The Bertz CT molecular complexity index is 936. The molecule has 6 atom stereocenters. The van der Waals surface area contributed by atoms with Crippen LogP contribution in [-0.2, 0) is 23.7 Å². The summed E-state index contributed by atoms with van der Waals surface area (Å²) in [6.45, 7) is 4.50. The molecule has 0 aliphatic carbocycles. The second-order valence-corrected chi connectivity index (χ2v) is 15.5. The maximum Gasteiger partial charge on any atom is 0.306 e. The van der Waals surface area contributed by atoms with E-state index >= 15 is 0 Å². The Hall–Kier alpha value is -1.59. The Morgan fingerprint density at radius 2 is 1.05 bits per heavy atom. The predicted octanol–water partition coefficient (Wildman–Crippen LogP) is 9.97. The molecule has 1 fully saturated rings. The molecule has 9 heteroatoms. The van der Waals surface area contributed by atoms with Gasteiger partial charge in [-0.1, -0.05) is 147 Å². The van der Waals surface area contributed by atoms with Crippen molar-refractivity contribution < 1.29 is 44.2 Å². The highest BCUT2D eigenvalue weighted by Crippen LogP contribution is 2.22. The Balaban J connectivity index is 2.28. The molecule has 0 aromatic heterocycles. The van der Waals surface area contributed by atoms with E-state index in [1.54, 1.807) is 0 Å². The van der Waals surface area contributed by atoms with E-state index in [4.69, 9.17) is 18.9 Å². The zero-order chi connectivity index (χ0) is 40.0. The third-order valence-electron chi connectivity index (χ3n) is 10.3. The number of carbonyl (C=O) groups excluding carboxylic acids is 1. The van der Waals surface area contributed by atoms with E-state index in [9.17, 15) is 25.2 Å². The molecule has 0 aromatic rings. The summed E-state index contributed by atoms with van der Waals surface area (Å²) in [4.78, 5) is 12.8. The molecular formula is C46H84O9. The molecule has 9 nitrogen and oxygen atoms in total. The lowest BCUT2D eigenvalue weighted by atomic mass is 9.99. The smallest absolute Gasteiger partial charge is 0.306 e. The summed E-state index contributed by atoms with van der Waals surface area (Å²) >= 11 is 0. The van der Waals surface area contributed by atoms with Gasteiger partial charge in [-0.05, 0) is 70.6 Å². The normalized spacial score (nSPS) is 21.0. The van der Waals surface area contributed by atoms with E-state index in [0.717, 1.165) is 64.2 Å². The van der Waals surface area contributed by atoms with Crippen LogP contribution in [0.5, 0.6) is 0 Å². The Kier molecular flexibility index (Phi) is 35.5. The van der Waals surface area contributed by atoms with E-state index in [1.165, 1.54) is 103 Å². The number of rotatable bonds is 38. The first kappa shape index (κ1) is 51.4. The fourth-order valence-corrected chi connectivity index (χ4v) is 6.69. The molecule has 6 unspecified atom stereocenters. The molecule has 0 spiro atoms. The molecule has 4 N–H and O–H groups in total. The molecule has 1 aliphatic heterocycles. The van der Waals surface area contributed by atoms with Crippen molar-refractivity contribution in [1.82, 2.24) is 0 Å². The molecule has 0 saturated carbocycles. The molecular weight excluding hydrogens is 696 g/mol. The van der Waals surface area contributed by atoms with Crippen molar-refractivity contribution in [3.05, 3.63) is 36.5 Å². The number of hydrogen-bond donors (Lipinski definition) is 4. The van der Waals surface area contributed by atoms with Gasteiger partial charge in [-0.2, -0.15) is 0 Å². The molecule has 0 radical (unpaired) electrons. The number of hydrogen-bond acceptors (Lipinski definition) is 9. The van der Waals surface area contributed by atoms with Gasteiger partial charge in [-0.3, -0.25) is 4.79 Å². The molecule has 0 aromatic carbocycles. The summed E-state index contributed by atoms with van der Waals surface area (Å²) in [6.07, 6.45) is 37.3. The summed E-state index contributed by atoms with van der Waals surface area (Å²) in [5.74, 6) is -0.326. The van der Waals surface area contributed by atoms with Gasteiger partial charge < -0.3 is 39.4 Å². The van der Waals surface area contributed by atoms with Gasteiger partial charge in [0.25, 0.3) is 0 Å². The van der Waals surface area contributed by atoms with Crippen LogP contribution in [0.3, 0.4) is 0 Å². The van der Waals surface area contributed by atoms with E-state index in [0.29, 0.717) is 13.0 Å². The summed E-state index contributed by atoms with van der Waals surface area (Å²) in [5, 5.41) is 40.1. The molecule has 0 bridgehead atoms. The van der Waals surface area contributed by atoms with Crippen LogP contribution in [0.1, 0.15) is 187 Å². The fraction of sp³-hybridized carbons (Fsp3) is 0.848. The lowest BCUT2D eigenvalue weighted by molar-refractivity contribution is -0.305.